The van der Waals surface area contributed by atoms with E-state index in [0.717, 1.165) is 18.0 Å². The van der Waals surface area contributed by atoms with Gasteiger partial charge >= 0.3 is 0 Å². The van der Waals surface area contributed by atoms with Crippen LogP contribution in [0.2, 0.25) is 0 Å². The second-order valence-corrected chi connectivity index (χ2v) is 3.23. The molecule has 0 amide bonds. The summed E-state index contributed by atoms with van der Waals surface area (Å²) in [7, 11) is 0. The van der Waals surface area contributed by atoms with Gasteiger partial charge in [-0.15, -0.1) is 0 Å². The third-order valence-electron chi connectivity index (χ3n) is 1.46. The van der Waals surface area contributed by atoms with Crippen molar-refractivity contribution in [2.45, 2.75) is 0 Å². The fourth-order valence-corrected chi connectivity index (χ4v) is 1.43. The molecule has 0 spiro atoms. The molecule has 0 aromatic carbocycles. The minimum absolute atomic E-state index is 0.935. The molecule has 0 bridgehead atoms. The Kier molecular flexibility index (Phi) is 3.26. The van der Waals surface area contributed by atoms with E-state index in [0.29, 0.717) is 0 Å². The van der Waals surface area contributed by atoms with E-state index in [9.17, 15) is 0 Å². The van der Waals surface area contributed by atoms with Gasteiger partial charge in [0.15, 0.2) is 0 Å². The van der Waals surface area contributed by atoms with E-state index >= 15 is 0 Å². The smallest absolute Gasteiger partial charge is 0.0216 e. The molecule has 0 atom stereocenters. The predicted molar refractivity (Wildman–Crippen MR) is 51.0 cm³/mol. The molecule has 0 radical (unpaired) electrons. The lowest BCUT2D eigenvalue weighted by molar-refractivity contribution is 0.881. The van der Waals surface area contributed by atoms with Crippen LogP contribution in [0.4, 0.5) is 0 Å². The summed E-state index contributed by atoms with van der Waals surface area (Å²) >= 11 is 1.57. The Hall–Kier alpha value is -0.670. The van der Waals surface area contributed by atoms with E-state index in [1.807, 2.05) is 5.41 Å². The normalized spacial score (nSPS) is 17.3. The molecule has 1 rings (SSSR count). The van der Waals surface area contributed by atoms with Crippen LogP contribution in [-0.4, -0.2) is 13.1 Å². The standard InChI is InChI=1S/C8H12N2S/c1-7(11-5-3-9)8-2-4-10-6-8/h2-3,5,10H,1,4,6,9H2/b5-3-. The zero-order valence-electron chi connectivity index (χ0n) is 6.34. The summed E-state index contributed by atoms with van der Waals surface area (Å²) in [5, 5.41) is 5.04. The molecular formula is C8H12N2S. The third kappa shape index (κ3) is 2.44. The molecule has 3 heteroatoms. The second-order valence-electron chi connectivity index (χ2n) is 2.23. The van der Waals surface area contributed by atoms with Crippen LogP contribution in [0.3, 0.4) is 0 Å². The highest BCUT2D eigenvalue weighted by atomic mass is 32.2. The van der Waals surface area contributed by atoms with Crippen LogP contribution in [0.5, 0.6) is 0 Å². The van der Waals surface area contributed by atoms with Gasteiger partial charge in [0.05, 0.1) is 0 Å². The molecular weight excluding hydrogens is 156 g/mol. The molecule has 0 saturated carbocycles. The largest absolute Gasteiger partial charge is 0.404 e. The van der Waals surface area contributed by atoms with Crippen molar-refractivity contribution in [1.82, 2.24) is 5.32 Å². The molecule has 1 heterocycles. The number of thioether (sulfide) groups is 1. The Balaban J connectivity index is 2.41. The van der Waals surface area contributed by atoms with Gasteiger partial charge in [-0.25, -0.2) is 0 Å². The van der Waals surface area contributed by atoms with Crippen LogP contribution in [0, 0.1) is 0 Å². The van der Waals surface area contributed by atoms with E-state index in [2.05, 4.69) is 18.0 Å². The summed E-state index contributed by atoms with van der Waals surface area (Å²) in [6, 6.07) is 0. The average molecular weight is 168 g/mol. The predicted octanol–water partition coefficient (Wildman–Crippen LogP) is 1.19. The van der Waals surface area contributed by atoms with Gasteiger partial charge in [0.2, 0.25) is 0 Å². The first-order chi connectivity index (χ1) is 5.34. The van der Waals surface area contributed by atoms with Crippen molar-refractivity contribution >= 4 is 11.8 Å². The fourth-order valence-electron chi connectivity index (χ4n) is 0.884. The van der Waals surface area contributed by atoms with Gasteiger partial charge in [-0.05, 0) is 11.0 Å². The van der Waals surface area contributed by atoms with Gasteiger partial charge in [-0.3, -0.25) is 0 Å². The summed E-state index contributed by atoms with van der Waals surface area (Å²) in [5.41, 5.74) is 6.48. The van der Waals surface area contributed by atoms with E-state index < -0.39 is 0 Å². The van der Waals surface area contributed by atoms with Crippen LogP contribution in [0.25, 0.3) is 0 Å². The molecule has 3 N–H and O–H groups in total. The SMILES string of the molecule is C=C(S/C=C\N)C1=CCNC1. The molecule has 1 aliphatic heterocycles. The fraction of sp³-hybridized carbons (Fsp3) is 0.250. The van der Waals surface area contributed by atoms with Crippen molar-refractivity contribution in [3.8, 4) is 0 Å². The number of hydrogen-bond donors (Lipinski definition) is 2. The summed E-state index contributed by atoms with van der Waals surface area (Å²) in [5.74, 6) is 0. The monoisotopic (exact) mass is 168 g/mol. The molecule has 0 unspecified atom stereocenters. The van der Waals surface area contributed by atoms with Crippen LogP contribution < -0.4 is 11.1 Å². The molecule has 0 aromatic heterocycles. The maximum atomic E-state index is 5.20. The maximum absolute atomic E-state index is 5.20. The highest BCUT2D eigenvalue weighted by molar-refractivity contribution is 8.06. The third-order valence-corrected chi connectivity index (χ3v) is 2.30. The molecule has 1 aliphatic rings. The minimum Gasteiger partial charge on any atom is -0.404 e. The number of rotatable bonds is 3. The van der Waals surface area contributed by atoms with Gasteiger partial charge < -0.3 is 11.1 Å². The van der Waals surface area contributed by atoms with Crippen LogP contribution >= 0.6 is 11.8 Å². The van der Waals surface area contributed by atoms with Crippen molar-refractivity contribution in [1.29, 1.82) is 0 Å². The van der Waals surface area contributed by atoms with Gasteiger partial charge in [0.25, 0.3) is 0 Å². The van der Waals surface area contributed by atoms with Crippen LogP contribution in [0.15, 0.2) is 34.7 Å². The van der Waals surface area contributed by atoms with Crippen molar-refractivity contribution < 1.29 is 0 Å². The minimum atomic E-state index is 0.935. The van der Waals surface area contributed by atoms with E-state index in [-0.39, 0.29) is 0 Å². The Bertz CT molecular complexity index is 206. The van der Waals surface area contributed by atoms with Gasteiger partial charge in [-0.1, -0.05) is 24.4 Å². The zero-order chi connectivity index (χ0) is 8.10. The van der Waals surface area contributed by atoms with Crippen LogP contribution in [-0.2, 0) is 0 Å². The lowest BCUT2D eigenvalue weighted by atomic mass is 10.3. The van der Waals surface area contributed by atoms with Crippen molar-refractivity contribution in [3.05, 3.63) is 34.7 Å². The second kappa shape index (κ2) is 4.26. The summed E-state index contributed by atoms with van der Waals surface area (Å²) < 4.78 is 0. The van der Waals surface area contributed by atoms with Gasteiger partial charge in [-0.2, -0.15) is 0 Å². The maximum Gasteiger partial charge on any atom is 0.0216 e. The summed E-state index contributed by atoms with van der Waals surface area (Å²) in [6.45, 7) is 5.82. The summed E-state index contributed by atoms with van der Waals surface area (Å²) in [6.07, 6.45) is 3.68. The lowest BCUT2D eigenvalue weighted by Gasteiger charge is -2.00. The Morgan fingerprint density at radius 2 is 2.64 bits per heavy atom. The van der Waals surface area contributed by atoms with Crippen molar-refractivity contribution in [2.24, 2.45) is 5.73 Å². The first-order valence-corrected chi connectivity index (χ1v) is 4.35. The number of nitrogens with two attached hydrogens (primary N) is 1. The first kappa shape index (κ1) is 8.43. The topological polar surface area (TPSA) is 38.0 Å². The highest BCUT2D eigenvalue weighted by Gasteiger charge is 2.05. The van der Waals surface area contributed by atoms with Crippen LogP contribution in [0.1, 0.15) is 0 Å². The molecule has 11 heavy (non-hydrogen) atoms. The quantitative estimate of drug-likeness (QED) is 0.665. The van der Waals surface area contributed by atoms with Gasteiger partial charge in [0.1, 0.15) is 0 Å². The molecule has 0 aromatic rings. The number of nitrogens with one attached hydrogen (secondary N) is 1. The van der Waals surface area contributed by atoms with E-state index in [1.54, 1.807) is 11.8 Å². The Labute approximate surface area is 71.2 Å². The van der Waals surface area contributed by atoms with Gasteiger partial charge in [0, 0.05) is 24.2 Å². The van der Waals surface area contributed by atoms with E-state index in [1.165, 1.54) is 11.8 Å². The zero-order valence-corrected chi connectivity index (χ0v) is 7.16. The average Bonchev–Trinajstić information content (AvgIpc) is 2.52. The molecule has 0 aliphatic carbocycles. The van der Waals surface area contributed by atoms with Crippen molar-refractivity contribution in [3.63, 3.8) is 0 Å². The van der Waals surface area contributed by atoms with Crippen molar-refractivity contribution in [2.75, 3.05) is 13.1 Å². The first-order valence-electron chi connectivity index (χ1n) is 3.47. The Morgan fingerprint density at radius 1 is 1.82 bits per heavy atom. The molecule has 0 saturated heterocycles. The molecule has 0 fully saturated rings. The highest BCUT2D eigenvalue weighted by Crippen LogP contribution is 2.23. The van der Waals surface area contributed by atoms with E-state index in [4.69, 9.17) is 5.73 Å². The lowest BCUT2D eigenvalue weighted by Crippen LogP contribution is -2.07. The number of hydrogen-bond acceptors (Lipinski definition) is 3. The Morgan fingerprint density at radius 3 is 3.18 bits per heavy atom. The summed E-state index contributed by atoms with van der Waals surface area (Å²) in [4.78, 5) is 1.08. The molecule has 2 nitrogen and oxygen atoms in total. The molecule has 60 valence electrons.